The molecular weight excluding hydrogens is 264 g/mol. The predicted molar refractivity (Wildman–Crippen MR) is 66.6 cm³/mol. The van der Waals surface area contributed by atoms with Gasteiger partial charge in [0.25, 0.3) is 0 Å². The summed E-state index contributed by atoms with van der Waals surface area (Å²) in [6.45, 7) is -0.165. The molecule has 0 bridgehead atoms. The Labute approximate surface area is 114 Å². The minimum atomic E-state index is -1.08. The van der Waals surface area contributed by atoms with Crippen molar-refractivity contribution < 1.29 is 18.3 Å². The first-order chi connectivity index (χ1) is 9.61. The molecule has 0 N–H and O–H groups in total. The van der Waals surface area contributed by atoms with Gasteiger partial charge in [-0.25, -0.2) is 13.6 Å². The first-order valence-electron chi connectivity index (χ1n) is 5.72. The summed E-state index contributed by atoms with van der Waals surface area (Å²) in [5.41, 5.74) is 0.258. The topological polar surface area (TPSA) is 50.1 Å². The van der Waals surface area contributed by atoms with Gasteiger partial charge in [0.15, 0.2) is 0 Å². The summed E-state index contributed by atoms with van der Waals surface area (Å²) in [7, 11) is 0. The highest BCUT2D eigenvalue weighted by Gasteiger charge is 2.18. The Morgan fingerprint density at radius 3 is 2.45 bits per heavy atom. The lowest BCUT2D eigenvalue weighted by Gasteiger charge is -2.06. The minimum Gasteiger partial charge on any atom is -0.457 e. The fourth-order valence-corrected chi connectivity index (χ4v) is 1.64. The molecule has 20 heavy (non-hydrogen) atoms. The molecule has 0 aliphatic rings. The van der Waals surface area contributed by atoms with Gasteiger partial charge in [-0.3, -0.25) is 0 Å². The smallest absolute Gasteiger partial charge is 0.344 e. The number of nitrogens with zero attached hydrogens (tertiary/aromatic N) is 1. The molecule has 0 atom stereocenters. The monoisotopic (exact) mass is 273 g/mol. The minimum absolute atomic E-state index is 0.165. The quantitative estimate of drug-likeness (QED) is 0.807. The van der Waals surface area contributed by atoms with E-state index in [0.29, 0.717) is 11.1 Å². The molecule has 2 aromatic rings. The number of ether oxygens (including phenoxy) is 1. The molecule has 0 aromatic heterocycles. The van der Waals surface area contributed by atoms with Crippen LogP contribution in [0.4, 0.5) is 8.78 Å². The van der Waals surface area contributed by atoms with Gasteiger partial charge in [0, 0.05) is 0 Å². The second kappa shape index (κ2) is 5.93. The van der Waals surface area contributed by atoms with Crippen LogP contribution in [0.1, 0.15) is 21.5 Å². The third-order valence-electron chi connectivity index (χ3n) is 2.59. The van der Waals surface area contributed by atoms with E-state index in [1.165, 1.54) is 6.07 Å². The van der Waals surface area contributed by atoms with Crippen LogP contribution >= 0.6 is 0 Å². The molecule has 0 saturated carbocycles. The van der Waals surface area contributed by atoms with E-state index < -0.39 is 23.2 Å². The summed E-state index contributed by atoms with van der Waals surface area (Å²) in [4.78, 5) is 11.6. The predicted octanol–water partition coefficient (Wildman–Crippen LogP) is 3.19. The molecule has 0 heterocycles. The van der Waals surface area contributed by atoms with Crippen molar-refractivity contribution in [2.75, 3.05) is 0 Å². The molecule has 0 unspecified atom stereocenters. The number of carbonyl (C=O) groups excluding carboxylic acids is 1. The van der Waals surface area contributed by atoms with Crippen LogP contribution in [-0.4, -0.2) is 5.97 Å². The number of halogens is 2. The van der Waals surface area contributed by atoms with Crippen molar-refractivity contribution in [2.45, 2.75) is 6.61 Å². The maximum absolute atomic E-state index is 13.4. The molecule has 0 aliphatic carbocycles. The van der Waals surface area contributed by atoms with Gasteiger partial charge in [0.2, 0.25) is 0 Å². The largest absolute Gasteiger partial charge is 0.457 e. The summed E-state index contributed by atoms with van der Waals surface area (Å²) in [6.07, 6.45) is 0. The Morgan fingerprint density at radius 2 is 1.80 bits per heavy atom. The molecule has 5 heteroatoms. The first kappa shape index (κ1) is 13.7. The lowest BCUT2D eigenvalue weighted by molar-refractivity contribution is 0.0461. The van der Waals surface area contributed by atoms with E-state index in [4.69, 9.17) is 10.00 Å². The highest BCUT2D eigenvalue weighted by molar-refractivity contribution is 5.89. The molecule has 0 spiro atoms. The zero-order valence-electron chi connectivity index (χ0n) is 10.3. The average molecular weight is 273 g/mol. The fourth-order valence-electron chi connectivity index (χ4n) is 1.64. The Bertz CT molecular complexity index is 672. The van der Waals surface area contributed by atoms with E-state index in [1.807, 2.05) is 6.07 Å². The maximum atomic E-state index is 13.4. The van der Waals surface area contributed by atoms with Crippen molar-refractivity contribution in [1.29, 1.82) is 5.26 Å². The molecule has 2 aromatic carbocycles. The van der Waals surface area contributed by atoms with Crippen LogP contribution in [0.5, 0.6) is 0 Å². The summed E-state index contributed by atoms with van der Waals surface area (Å²) < 4.78 is 31.6. The first-order valence-corrected chi connectivity index (χ1v) is 5.72. The van der Waals surface area contributed by atoms with Gasteiger partial charge < -0.3 is 4.74 Å². The van der Waals surface area contributed by atoms with Crippen LogP contribution in [0, 0.1) is 23.0 Å². The molecule has 0 amide bonds. The lowest BCUT2D eigenvalue weighted by atomic mass is 10.1. The lowest BCUT2D eigenvalue weighted by Crippen LogP contribution is -2.10. The van der Waals surface area contributed by atoms with Crippen LogP contribution in [0.3, 0.4) is 0 Å². The second-order valence-corrected chi connectivity index (χ2v) is 3.98. The number of hydrogen-bond acceptors (Lipinski definition) is 3. The Hall–Kier alpha value is -2.74. The number of carbonyl (C=O) groups is 1. The zero-order chi connectivity index (χ0) is 14.5. The van der Waals surface area contributed by atoms with E-state index >= 15 is 0 Å². The van der Waals surface area contributed by atoms with Crippen molar-refractivity contribution in [1.82, 2.24) is 0 Å². The van der Waals surface area contributed by atoms with Gasteiger partial charge >= 0.3 is 5.97 Å². The second-order valence-electron chi connectivity index (χ2n) is 3.98. The van der Waals surface area contributed by atoms with Gasteiger partial charge in [0.1, 0.15) is 23.8 Å². The van der Waals surface area contributed by atoms with Gasteiger partial charge in [0.05, 0.1) is 11.6 Å². The zero-order valence-corrected chi connectivity index (χ0v) is 10.3. The van der Waals surface area contributed by atoms with E-state index in [1.54, 1.807) is 18.2 Å². The van der Waals surface area contributed by atoms with Crippen molar-refractivity contribution >= 4 is 5.97 Å². The normalized spacial score (nSPS) is 9.85. The fraction of sp³-hybridized carbons (Fsp3) is 0.0667. The summed E-state index contributed by atoms with van der Waals surface area (Å²) in [5, 5.41) is 8.73. The van der Waals surface area contributed by atoms with Crippen LogP contribution < -0.4 is 0 Å². The standard InChI is InChI=1S/C15H9F2NO2/c16-12-5-2-6-13(17)14(12)15(19)20-9-11-4-1-3-10(7-11)8-18/h1-7H,9H2. The number of benzene rings is 2. The van der Waals surface area contributed by atoms with Crippen molar-refractivity contribution in [3.05, 3.63) is 70.8 Å². The number of rotatable bonds is 3. The van der Waals surface area contributed by atoms with E-state index in [2.05, 4.69) is 0 Å². The summed E-state index contributed by atoms with van der Waals surface area (Å²) in [6, 6.07) is 11.5. The van der Waals surface area contributed by atoms with Gasteiger partial charge in [-0.1, -0.05) is 18.2 Å². The Balaban J connectivity index is 2.11. The van der Waals surface area contributed by atoms with Crippen molar-refractivity contribution in [3.8, 4) is 6.07 Å². The third kappa shape index (κ3) is 2.98. The van der Waals surface area contributed by atoms with Crippen LogP contribution in [0.15, 0.2) is 42.5 Å². The molecule has 3 nitrogen and oxygen atoms in total. The van der Waals surface area contributed by atoms with Crippen LogP contribution in [0.25, 0.3) is 0 Å². The van der Waals surface area contributed by atoms with Crippen molar-refractivity contribution in [3.63, 3.8) is 0 Å². The van der Waals surface area contributed by atoms with Gasteiger partial charge in [-0.15, -0.1) is 0 Å². The molecule has 100 valence electrons. The Kier molecular flexibility index (Phi) is 4.06. The van der Waals surface area contributed by atoms with Crippen LogP contribution in [-0.2, 0) is 11.3 Å². The molecule has 0 aliphatic heterocycles. The SMILES string of the molecule is N#Cc1cccc(COC(=O)c2c(F)cccc2F)c1. The van der Waals surface area contributed by atoms with E-state index in [0.717, 1.165) is 18.2 Å². The highest BCUT2D eigenvalue weighted by Crippen LogP contribution is 2.14. The molecular formula is C15H9F2NO2. The molecule has 0 radical (unpaired) electrons. The van der Waals surface area contributed by atoms with E-state index in [9.17, 15) is 13.6 Å². The number of nitriles is 1. The van der Waals surface area contributed by atoms with E-state index in [-0.39, 0.29) is 6.61 Å². The maximum Gasteiger partial charge on any atom is 0.344 e. The number of hydrogen-bond donors (Lipinski definition) is 0. The Morgan fingerprint density at radius 1 is 1.15 bits per heavy atom. The van der Waals surface area contributed by atoms with Crippen LogP contribution in [0.2, 0.25) is 0 Å². The van der Waals surface area contributed by atoms with Gasteiger partial charge in [-0.05, 0) is 29.8 Å². The number of esters is 1. The van der Waals surface area contributed by atoms with Gasteiger partial charge in [-0.2, -0.15) is 5.26 Å². The summed E-state index contributed by atoms with van der Waals surface area (Å²) >= 11 is 0. The highest BCUT2D eigenvalue weighted by atomic mass is 19.1. The molecule has 0 saturated heterocycles. The molecule has 0 fully saturated rings. The third-order valence-corrected chi connectivity index (χ3v) is 2.59. The van der Waals surface area contributed by atoms with Crippen molar-refractivity contribution in [2.24, 2.45) is 0 Å². The summed E-state index contributed by atoms with van der Waals surface area (Å²) in [5.74, 6) is -3.02. The molecule has 2 rings (SSSR count). The average Bonchev–Trinajstić information content (AvgIpc) is 2.45.